The summed E-state index contributed by atoms with van der Waals surface area (Å²) < 4.78 is 36.0. The van der Waals surface area contributed by atoms with Crippen LogP contribution in [-0.4, -0.2) is 31.7 Å². The average Bonchev–Trinajstić information content (AvgIpc) is 2.47. The number of aliphatic hydroxyl groups is 1. The van der Waals surface area contributed by atoms with E-state index in [-0.39, 0.29) is 12.0 Å². The Labute approximate surface area is 122 Å². The van der Waals surface area contributed by atoms with Crippen molar-refractivity contribution in [1.82, 2.24) is 0 Å². The lowest BCUT2D eigenvalue weighted by Gasteiger charge is -2.34. The number of esters is 1. The zero-order chi connectivity index (χ0) is 16.0. The fourth-order valence-corrected chi connectivity index (χ4v) is 2.37. The van der Waals surface area contributed by atoms with Crippen LogP contribution in [0.25, 0.3) is 0 Å². The maximum Gasteiger partial charge on any atom is 0.317 e. The molecule has 1 aromatic carbocycles. The lowest BCUT2D eigenvalue weighted by atomic mass is 9.78. The molecule has 0 saturated carbocycles. The lowest BCUT2D eigenvalue weighted by molar-refractivity contribution is -0.170. The summed E-state index contributed by atoms with van der Waals surface area (Å²) in [6.07, 6.45) is -2.58. The SMILES string of the molecule is CCCC(O)(c1ccc(OC)cc1)C(C(=O)OC)C(F)F. The van der Waals surface area contributed by atoms with Gasteiger partial charge < -0.3 is 14.6 Å². The van der Waals surface area contributed by atoms with Gasteiger partial charge in [-0.3, -0.25) is 4.79 Å². The zero-order valence-corrected chi connectivity index (χ0v) is 12.3. The van der Waals surface area contributed by atoms with E-state index in [0.29, 0.717) is 12.2 Å². The van der Waals surface area contributed by atoms with E-state index < -0.39 is 23.9 Å². The molecule has 0 fully saturated rings. The van der Waals surface area contributed by atoms with E-state index in [1.54, 1.807) is 19.1 Å². The predicted molar refractivity (Wildman–Crippen MR) is 73.3 cm³/mol. The van der Waals surface area contributed by atoms with Crippen molar-refractivity contribution in [2.24, 2.45) is 5.92 Å². The third kappa shape index (κ3) is 3.69. The van der Waals surface area contributed by atoms with Crippen LogP contribution in [0.4, 0.5) is 8.78 Å². The van der Waals surface area contributed by atoms with E-state index in [0.717, 1.165) is 7.11 Å². The highest BCUT2D eigenvalue weighted by Crippen LogP contribution is 2.39. The normalized spacial score (nSPS) is 15.4. The maximum atomic E-state index is 13.3. The maximum absolute atomic E-state index is 13.3. The Morgan fingerprint density at radius 3 is 2.24 bits per heavy atom. The minimum Gasteiger partial charge on any atom is -0.497 e. The highest BCUT2D eigenvalue weighted by Gasteiger charge is 2.48. The Hall–Kier alpha value is -1.69. The molecule has 1 aromatic rings. The van der Waals surface area contributed by atoms with Crippen LogP contribution in [0.1, 0.15) is 25.3 Å². The Kier molecular flexibility index (Phi) is 6.08. The number of hydrogen-bond acceptors (Lipinski definition) is 4. The summed E-state index contributed by atoms with van der Waals surface area (Å²) in [4.78, 5) is 11.7. The second-order valence-corrected chi connectivity index (χ2v) is 4.74. The molecule has 0 saturated heterocycles. The number of rotatable bonds is 7. The molecule has 2 atom stereocenters. The largest absolute Gasteiger partial charge is 0.497 e. The van der Waals surface area contributed by atoms with Gasteiger partial charge in [0.15, 0.2) is 5.92 Å². The van der Waals surface area contributed by atoms with Crippen LogP contribution in [0.15, 0.2) is 24.3 Å². The Morgan fingerprint density at radius 1 is 1.29 bits per heavy atom. The van der Waals surface area contributed by atoms with Gasteiger partial charge in [0.1, 0.15) is 11.4 Å². The standard InChI is InChI=1S/C15H20F2O4/c1-4-9-15(19,12(13(16)17)14(18)21-3)10-5-7-11(20-2)8-6-10/h5-8,12-13,19H,4,9H2,1-3H3. The van der Waals surface area contributed by atoms with E-state index in [4.69, 9.17) is 4.74 Å². The van der Waals surface area contributed by atoms with Crippen LogP contribution in [0.3, 0.4) is 0 Å². The van der Waals surface area contributed by atoms with Gasteiger partial charge in [0.25, 0.3) is 6.43 Å². The zero-order valence-electron chi connectivity index (χ0n) is 12.3. The topological polar surface area (TPSA) is 55.8 Å². The molecule has 0 spiro atoms. The number of methoxy groups -OCH3 is 2. The van der Waals surface area contributed by atoms with E-state index in [9.17, 15) is 18.7 Å². The summed E-state index contributed by atoms with van der Waals surface area (Å²) in [5, 5.41) is 10.8. The molecule has 0 aliphatic heterocycles. The van der Waals surface area contributed by atoms with E-state index in [1.807, 2.05) is 0 Å². The Bertz CT molecular complexity index is 461. The molecule has 1 N–H and O–H groups in total. The van der Waals surface area contributed by atoms with Crippen molar-refractivity contribution in [3.05, 3.63) is 29.8 Å². The third-order valence-electron chi connectivity index (χ3n) is 3.44. The first-order chi connectivity index (χ1) is 9.90. The number of carbonyl (C=O) groups excluding carboxylic acids is 1. The minimum atomic E-state index is -3.03. The molecule has 1 rings (SSSR count). The molecule has 2 unspecified atom stereocenters. The number of carbonyl (C=O) groups is 1. The van der Waals surface area contributed by atoms with Crippen LogP contribution in [0.2, 0.25) is 0 Å². The molecule has 4 nitrogen and oxygen atoms in total. The highest BCUT2D eigenvalue weighted by atomic mass is 19.3. The average molecular weight is 302 g/mol. The molecule has 118 valence electrons. The molecule has 6 heteroatoms. The molecule has 0 aliphatic rings. The summed E-state index contributed by atoms with van der Waals surface area (Å²) in [6.45, 7) is 1.74. The van der Waals surface area contributed by atoms with Crippen LogP contribution in [0.5, 0.6) is 5.75 Å². The van der Waals surface area contributed by atoms with E-state index >= 15 is 0 Å². The molecule has 21 heavy (non-hydrogen) atoms. The van der Waals surface area contributed by atoms with Gasteiger partial charge >= 0.3 is 5.97 Å². The second-order valence-electron chi connectivity index (χ2n) is 4.74. The summed E-state index contributed by atoms with van der Waals surface area (Å²) in [5.74, 6) is -2.53. The summed E-state index contributed by atoms with van der Waals surface area (Å²) in [5.41, 5.74) is -1.75. The number of ether oxygens (including phenoxy) is 2. The molecule has 0 amide bonds. The van der Waals surface area contributed by atoms with Gasteiger partial charge in [0.2, 0.25) is 0 Å². The van der Waals surface area contributed by atoms with Crippen molar-refractivity contribution in [3.63, 3.8) is 0 Å². The van der Waals surface area contributed by atoms with Gasteiger partial charge in [-0.05, 0) is 24.1 Å². The Balaban J connectivity index is 3.29. The first-order valence-corrected chi connectivity index (χ1v) is 6.63. The molecule has 0 bridgehead atoms. The molecular formula is C15H20F2O4. The first kappa shape index (κ1) is 17.4. The van der Waals surface area contributed by atoms with Crippen molar-refractivity contribution in [2.45, 2.75) is 31.8 Å². The minimum absolute atomic E-state index is 0.0173. The second kappa shape index (κ2) is 7.36. The van der Waals surface area contributed by atoms with E-state index in [2.05, 4.69) is 4.74 Å². The summed E-state index contributed by atoms with van der Waals surface area (Å²) in [6, 6.07) is 6.06. The van der Waals surface area contributed by atoms with Crippen molar-refractivity contribution in [2.75, 3.05) is 14.2 Å². The number of hydrogen-bond donors (Lipinski definition) is 1. The van der Waals surface area contributed by atoms with E-state index in [1.165, 1.54) is 19.2 Å². The monoisotopic (exact) mass is 302 g/mol. The van der Waals surface area contributed by atoms with Gasteiger partial charge in [-0.15, -0.1) is 0 Å². The molecule has 0 aliphatic carbocycles. The highest BCUT2D eigenvalue weighted by molar-refractivity contribution is 5.74. The molecule has 0 radical (unpaired) electrons. The lowest BCUT2D eigenvalue weighted by Crippen LogP contribution is -2.44. The molecular weight excluding hydrogens is 282 g/mol. The fraction of sp³-hybridized carbons (Fsp3) is 0.533. The van der Waals surface area contributed by atoms with Gasteiger partial charge in [0.05, 0.1) is 14.2 Å². The summed E-state index contributed by atoms with van der Waals surface area (Å²) in [7, 11) is 2.50. The smallest absolute Gasteiger partial charge is 0.317 e. The van der Waals surface area contributed by atoms with Gasteiger partial charge in [-0.25, -0.2) is 8.78 Å². The van der Waals surface area contributed by atoms with Gasteiger partial charge in [0, 0.05) is 0 Å². The fourth-order valence-electron chi connectivity index (χ4n) is 2.37. The van der Waals surface area contributed by atoms with Gasteiger partial charge in [-0.1, -0.05) is 25.5 Å². The third-order valence-corrected chi connectivity index (χ3v) is 3.44. The van der Waals surface area contributed by atoms with Crippen molar-refractivity contribution in [1.29, 1.82) is 0 Å². The predicted octanol–water partition coefficient (Wildman–Crippen LogP) is 2.74. The Morgan fingerprint density at radius 2 is 1.86 bits per heavy atom. The summed E-state index contributed by atoms with van der Waals surface area (Å²) >= 11 is 0. The number of benzene rings is 1. The van der Waals surface area contributed by atoms with Crippen molar-refractivity contribution >= 4 is 5.97 Å². The first-order valence-electron chi connectivity index (χ1n) is 6.63. The van der Waals surface area contributed by atoms with Crippen LogP contribution in [-0.2, 0) is 15.1 Å². The van der Waals surface area contributed by atoms with Crippen LogP contribution >= 0.6 is 0 Å². The van der Waals surface area contributed by atoms with Crippen molar-refractivity contribution < 1.29 is 28.2 Å². The van der Waals surface area contributed by atoms with Gasteiger partial charge in [-0.2, -0.15) is 0 Å². The quantitative estimate of drug-likeness (QED) is 0.787. The van der Waals surface area contributed by atoms with Crippen molar-refractivity contribution in [3.8, 4) is 5.75 Å². The molecule has 0 aromatic heterocycles. The van der Waals surface area contributed by atoms with Crippen LogP contribution in [0, 0.1) is 5.92 Å². The number of alkyl halides is 2. The molecule has 0 heterocycles. The number of halogens is 2. The van der Waals surface area contributed by atoms with Crippen LogP contribution < -0.4 is 4.74 Å².